The van der Waals surface area contributed by atoms with Crippen LogP contribution < -0.4 is 10.5 Å². The number of benzene rings is 1. The fraction of sp³-hybridized carbons (Fsp3) is 0.0833. The Labute approximate surface area is 113 Å². The summed E-state index contributed by atoms with van der Waals surface area (Å²) in [5.74, 6) is 1.26. The van der Waals surface area contributed by atoms with Crippen molar-refractivity contribution in [3.63, 3.8) is 0 Å². The number of ether oxygens (including phenoxy) is 1. The Morgan fingerprint density at radius 1 is 1.29 bits per heavy atom. The molecular formula is C12H10BrClN2O. The maximum atomic E-state index is 6.03. The summed E-state index contributed by atoms with van der Waals surface area (Å²) in [7, 11) is 0. The summed E-state index contributed by atoms with van der Waals surface area (Å²) < 4.78 is 6.58. The Morgan fingerprint density at radius 2 is 2.12 bits per heavy atom. The van der Waals surface area contributed by atoms with Gasteiger partial charge in [0.25, 0.3) is 0 Å². The molecule has 0 aliphatic rings. The number of nitrogens with two attached hydrogens (primary N) is 1. The summed E-state index contributed by atoms with van der Waals surface area (Å²) in [6.07, 6.45) is 1.66. The summed E-state index contributed by atoms with van der Waals surface area (Å²) in [4.78, 5) is 4.09. The van der Waals surface area contributed by atoms with Crippen molar-refractivity contribution in [1.82, 2.24) is 4.98 Å². The van der Waals surface area contributed by atoms with Gasteiger partial charge in [-0.1, -0.05) is 27.5 Å². The van der Waals surface area contributed by atoms with Crippen LogP contribution in [0.2, 0.25) is 5.02 Å². The molecule has 0 bridgehead atoms. The Hall–Kier alpha value is -1.10. The lowest BCUT2D eigenvalue weighted by Crippen LogP contribution is -1.99. The fourth-order valence-corrected chi connectivity index (χ4v) is 1.81. The summed E-state index contributed by atoms with van der Waals surface area (Å²) in [6, 6.07) is 8.98. The van der Waals surface area contributed by atoms with E-state index < -0.39 is 0 Å². The highest BCUT2D eigenvalue weighted by Gasteiger charge is 2.04. The third-order valence-corrected chi connectivity index (χ3v) is 2.92. The minimum absolute atomic E-state index is 0.378. The lowest BCUT2D eigenvalue weighted by molar-refractivity contribution is 0.481. The van der Waals surface area contributed by atoms with Crippen LogP contribution in [0.25, 0.3) is 0 Å². The normalized spacial score (nSPS) is 10.3. The van der Waals surface area contributed by atoms with E-state index >= 15 is 0 Å². The number of hydrogen-bond acceptors (Lipinski definition) is 3. The van der Waals surface area contributed by atoms with E-state index in [-0.39, 0.29) is 0 Å². The molecule has 2 N–H and O–H groups in total. The minimum atomic E-state index is 0.378. The van der Waals surface area contributed by atoms with Crippen LogP contribution in [0.5, 0.6) is 11.5 Å². The SMILES string of the molecule is NCc1cc(Oc2cc(Br)ccc2Cl)ccn1. The first-order valence-corrected chi connectivity index (χ1v) is 6.14. The van der Waals surface area contributed by atoms with E-state index in [1.165, 1.54) is 0 Å². The van der Waals surface area contributed by atoms with Gasteiger partial charge in [0.1, 0.15) is 11.5 Å². The fourth-order valence-electron chi connectivity index (χ4n) is 1.31. The number of halogens is 2. The van der Waals surface area contributed by atoms with Crippen LogP contribution in [0.1, 0.15) is 5.69 Å². The lowest BCUT2D eigenvalue weighted by atomic mass is 10.3. The molecule has 0 amide bonds. The maximum absolute atomic E-state index is 6.03. The van der Waals surface area contributed by atoms with Crippen LogP contribution in [-0.4, -0.2) is 4.98 Å². The molecule has 17 heavy (non-hydrogen) atoms. The van der Waals surface area contributed by atoms with Crippen LogP contribution in [-0.2, 0) is 6.54 Å². The van der Waals surface area contributed by atoms with Crippen molar-refractivity contribution < 1.29 is 4.74 Å². The average molecular weight is 314 g/mol. The van der Waals surface area contributed by atoms with Gasteiger partial charge in [0, 0.05) is 23.3 Å². The van der Waals surface area contributed by atoms with Crippen molar-refractivity contribution >= 4 is 27.5 Å². The van der Waals surface area contributed by atoms with Crippen LogP contribution in [0.3, 0.4) is 0 Å². The predicted molar refractivity (Wildman–Crippen MR) is 71.4 cm³/mol. The van der Waals surface area contributed by atoms with E-state index in [0.29, 0.717) is 23.1 Å². The number of pyridine rings is 1. The van der Waals surface area contributed by atoms with Gasteiger partial charge >= 0.3 is 0 Å². The Balaban J connectivity index is 2.27. The van der Waals surface area contributed by atoms with Gasteiger partial charge in [0.05, 0.1) is 10.7 Å². The number of hydrogen-bond donors (Lipinski definition) is 1. The highest BCUT2D eigenvalue weighted by atomic mass is 79.9. The zero-order valence-corrected chi connectivity index (χ0v) is 11.2. The first-order valence-electron chi connectivity index (χ1n) is 4.97. The molecule has 0 saturated carbocycles. The van der Waals surface area contributed by atoms with E-state index in [4.69, 9.17) is 22.1 Å². The van der Waals surface area contributed by atoms with E-state index in [9.17, 15) is 0 Å². The molecule has 2 rings (SSSR count). The van der Waals surface area contributed by atoms with Crippen molar-refractivity contribution in [1.29, 1.82) is 0 Å². The van der Waals surface area contributed by atoms with Gasteiger partial charge in [0.2, 0.25) is 0 Å². The van der Waals surface area contributed by atoms with Crippen LogP contribution in [0.15, 0.2) is 41.0 Å². The Bertz CT molecular complexity index is 534. The van der Waals surface area contributed by atoms with Crippen LogP contribution in [0.4, 0.5) is 0 Å². The largest absolute Gasteiger partial charge is 0.456 e. The zero-order valence-electron chi connectivity index (χ0n) is 8.86. The molecular weight excluding hydrogens is 304 g/mol. The number of nitrogens with zero attached hydrogens (tertiary/aromatic N) is 1. The van der Waals surface area contributed by atoms with Gasteiger partial charge < -0.3 is 10.5 Å². The molecule has 0 atom stereocenters. The van der Waals surface area contributed by atoms with Crippen molar-refractivity contribution in [2.45, 2.75) is 6.54 Å². The molecule has 3 nitrogen and oxygen atoms in total. The first kappa shape index (κ1) is 12.4. The molecule has 0 spiro atoms. The Morgan fingerprint density at radius 3 is 2.88 bits per heavy atom. The second kappa shape index (κ2) is 5.49. The van der Waals surface area contributed by atoms with Gasteiger partial charge in [-0.15, -0.1) is 0 Å². The predicted octanol–water partition coefficient (Wildman–Crippen LogP) is 3.75. The summed E-state index contributed by atoms with van der Waals surface area (Å²) in [5.41, 5.74) is 6.29. The van der Waals surface area contributed by atoms with Gasteiger partial charge in [-0.2, -0.15) is 0 Å². The van der Waals surface area contributed by atoms with Crippen molar-refractivity contribution in [2.75, 3.05) is 0 Å². The molecule has 88 valence electrons. The van der Waals surface area contributed by atoms with Gasteiger partial charge in [-0.25, -0.2) is 0 Å². The molecule has 1 aromatic heterocycles. The summed E-state index contributed by atoms with van der Waals surface area (Å²) >= 11 is 9.40. The molecule has 0 saturated heterocycles. The molecule has 0 unspecified atom stereocenters. The van der Waals surface area contributed by atoms with Crippen molar-refractivity contribution in [2.24, 2.45) is 5.73 Å². The third kappa shape index (κ3) is 3.19. The molecule has 1 aromatic carbocycles. The van der Waals surface area contributed by atoms with Crippen LogP contribution >= 0.6 is 27.5 Å². The maximum Gasteiger partial charge on any atom is 0.147 e. The van der Waals surface area contributed by atoms with Gasteiger partial charge in [-0.05, 0) is 24.3 Å². The molecule has 1 heterocycles. The van der Waals surface area contributed by atoms with Gasteiger partial charge in [-0.3, -0.25) is 4.98 Å². The number of aromatic nitrogens is 1. The smallest absolute Gasteiger partial charge is 0.147 e. The quantitative estimate of drug-likeness (QED) is 0.939. The summed E-state index contributed by atoms with van der Waals surface area (Å²) in [5, 5.41) is 0.555. The van der Waals surface area contributed by atoms with Crippen molar-refractivity contribution in [3.05, 3.63) is 51.7 Å². The number of rotatable bonds is 3. The third-order valence-electron chi connectivity index (χ3n) is 2.12. The second-order valence-corrected chi connectivity index (χ2v) is 4.69. The van der Waals surface area contributed by atoms with Gasteiger partial charge in [0.15, 0.2) is 0 Å². The zero-order chi connectivity index (χ0) is 12.3. The molecule has 0 radical (unpaired) electrons. The summed E-state index contributed by atoms with van der Waals surface area (Å²) in [6.45, 7) is 0.378. The lowest BCUT2D eigenvalue weighted by Gasteiger charge is -2.08. The average Bonchev–Trinajstić information content (AvgIpc) is 2.34. The highest BCUT2D eigenvalue weighted by Crippen LogP contribution is 2.31. The molecule has 5 heteroatoms. The minimum Gasteiger partial charge on any atom is -0.456 e. The molecule has 0 aliphatic heterocycles. The standard InChI is InChI=1S/C12H10BrClN2O/c13-8-1-2-11(14)12(5-8)17-10-3-4-16-9(6-10)7-15/h1-6H,7,15H2. The monoisotopic (exact) mass is 312 g/mol. The molecule has 2 aromatic rings. The van der Waals surface area contributed by atoms with Crippen LogP contribution in [0, 0.1) is 0 Å². The second-order valence-electron chi connectivity index (χ2n) is 3.36. The molecule has 0 aliphatic carbocycles. The Kier molecular flexibility index (Phi) is 3.99. The van der Waals surface area contributed by atoms with E-state index in [1.54, 1.807) is 24.4 Å². The first-order chi connectivity index (χ1) is 8.19. The topological polar surface area (TPSA) is 48.1 Å². The van der Waals surface area contributed by atoms with Crippen molar-refractivity contribution in [3.8, 4) is 11.5 Å². The molecule has 0 fully saturated rings. The van der Waals surface area contributed by atoms with E-state index in [0.717, 1.165) is 10.2 Å². The van der Waals surface area contributed by atoms with E-state index in [1.807, 2.05) is 12.1 Å². The highest BCUT2D eigenvalue weighted by molar-refractivity contribution is 9.10. The van der Waals surface area contributed by atoms with E-state index in [2.05, 4.69) is 20.9 Å².